The molecule has 21 heavy (non-hydrogen) atoms. The van der Waals surface area contributed by atoms with Crippen molar-refractivity contribution in [2.75, 3.05) is 52.0 Å². The Bertz CT molecular complexity index is 394. The Hall–Kier alpha value is -0.620. The molecule has 0 saturated heterocycles. The molecule has 120 valence electrons. The molecule has 5 heteroatoms. The maximum Gasteiger partial charge on any atom is 0.0637 e. The summed E-state index contributed by atoms with van der Waals surface area (Å²) in [7, 11) is 3.47. The van der Waals surface area contributed by atoms with Crippen molar-refractivity contribution in [3.8, 4) is 0 Å². The van der Waals surface area contributed by atoms with E-state index in [1.54, 1.807) is 14.2 Å². The summed E-state index contributed by atoms with van der Waals surface area (Å²) >= 11 is 3.57. The van der Waals surface area contributed by atoms with Crippen molar-refractivity contribution in [1.29, 1.82) is 0 Å². The summed E-state index contributed by atoms with van der Waals surface area (Å²) in [6.45, 7) is 7.22. The largest absolute Gasteiger partial charge is 0.383 e. The fourth-order valence-electron chi connectivity index (χ4n) is 2.14. The van der Waals surface area contributed by atoms with Crippen LogP contribution in [0.3, 0.4) is 0 Å². The van der Waals surface area contributed by atoms with E-state index in [0.29, 0.717) is 13.2 Å². The van der Waals surface area contributed by atoms with E-state index in [9.17, 15) is 0 Å². The number of nitrogens with zero attached hydrogens (tertiary/aromatic N) is 1. The van der Waals surface area contributed by atoms with Gasteiger partial charge in [0, 0.05) is 44.0 Å². The monoisotopic (exact) mass is 358 g/mol. The molecule has 0 bridgehead atoms. The molecule has 0 aliphatic heterocycles. The van der Waals surface area contributed by atoms with E-state index < -0.39 is 0 Å². The smallest absolute Gasteiger partial charge is 0.0637 e. The first-order chi connectivity index (χ1) is 10.2. The molecule has 0 heterocycles. The van der Waals surface area contributed by atoms with Crippen LogP contribution < -0.4 is 10.2 Å². The number of hydrogen-bond acceptors (Lipinski definition) is 4. The first kappa shape index (κ1) is 18.4. The molecule has 0 atom stereocenters. The molecule has 0 amide bonds. The molecule has 1 rings (SSSR count). The minimum absolute atomic E-state index is 0.706. The Labute approximate surface area is 136 Å². The van der Waals surface area contributed by atoms with Crippen LogP contribution in [-0.2, 0) is 16.0 Å². The predicted octanol–water partition coefficient (Wildman–Crippen LogP) is 3.05. The molecule has 0 saturated carbocycles. The molecular formula is C16H27BrN2O2. The van der Waals surface area contributed by atoms with Gasteiger partial charge in [-0.25, -0.2) is 0 Å². The number of methoxy groups -OCH3 is 2. The lowest BCUT2D eigenvalue weighted by Crippen LogP contribution is -2.32. The topological polar surface area (TPSA) is 33.7 Å². The average Bonchev–Trinajstić information content (AvgIpc) is 2.49. The molecule has 4 nitrogen and oxygen atoms in total. The highest BCUT2D eigenvalue weighted by Crippen LogP contribution is 2.25. The Balaban J connectivity index is 2.88. The van der Waals surface area contributed by atoms with Crippen LogP contribution in [-0.4, -0.2) is 47.1 Å². The molecule has 0 aromatic heterocycles. The van der Waals surface area contributed by atoms with Crippen LogP contribution in [0.4, 0.5) is 5.69 Å². The van der Waals surface area contributed by atoms with E-state index in [4.69, 9.17) is 9.47 Å². The van der Waals surface area contributed by atoms with Gasteiger partial charge in [-0.3, -0.25) is 0 Å². The predicted molar refractivity (Wildman–Crippen MR) is 92.1 cm³/mol. The zero-order chi connectivity index (χ0) is 15.5. The minimum Gasteiger partial charge on any atom is -0.383 e. The molecule has 1 aromatic carbocycles. The van der Waals surface area contributed by atoms with Crippen LogP contribution in [0.15, 0.2) is 22.7 Å². The summed E-state index contributed by atoms with van der Waals surface area (Å²) in [6, 6.07) is 6.44. The fourth-order valence-corrected chi connectivity index (χ4v) is 2.49. The van der Waals surface area contributed by atoms with Crippen LogP contribution in [0.25, 0.3) is 0 Å². The second-order valence-electron chi connectivity index (χ2n) is 4.92. The second-order valence-corrected chi connectivity index (χ2v) is 5.84. The number of benzene rings is 1. The van der Waals surface area contributed by atoms with E-state index in [-0.39, 0.29) is 0 Å². The van der Waals surface area contributed by atoms with Crippen LogP contribution in [0.5, 0.6) is 0 Å². The van der Waals surface area contributed by atoms with Crippen molar-refractivity contribution in [2.24, 2.45) is 0 Å². The van der Waals surface area contributed by atoms with Gasteiger partial charge in [-0.05, 0) is 30.7 Å². The zero-order valence-corrected chi connectivity index (χ0v) is 14.9. The van der Waals surface area contributed by atoms with Crippen molar-refractivity contribution >= 4 is 21.6 Å². The zero-order valence-electron chi connectivity index (χ0n) is 13.3. The number of rotatable bonds is 11. The molecule has 0 unspecified atom stereocenters. The van der Waals surface area contributed by atoms with Crippen LogP contribution in [0.1, 0.15) is 18.9 Å². The molecule has 1 aromatic rings. The Morgan fingerprint density at radius 2 is 1.81 bits per heavy atom. The van der Waals surface area contributed by atoms with Crippen molar-refractivity contribution < 1.29 is 9.47 Å². The van der Waals surface area contributed by atoms with Crippen LogP contribution >= 0.6 is 15.9 Å². The lowest BCUT2D eigenvalue weighted by Gasteiger charge is -2.27. The summed E-state index contributed by atoms with van der Waals surface area (Å²) < 4.78 is 11.6. The molecule has 0 aliphatic carbocycles. The van der Waals surface area contributed by atoms with E-state index in [2.05, 4.69) is 51.3 Å². The van der Waals surface area contributed by atoms with Gasteiger partial charge in [0.1, 0.15) is 0 Å². The number of anilines is 1. The Morgan fingerprint density at radius 3 is 2.38 bits per heavy atom. The standard InChI is InChI=1S/C16H27BrN2O2/c1-4-7-18-13-14-5-6-15(17)12-16(14)19(8-10-20-2)9-11-21-3/h5-6,12,18H,4,7-11,13H2,1-3H3. The molecule has 0 aliphatic rings. The molecular weight excluding hydrogens is 332 g/mol. The van der Waals surface area contributed by atoms with Gasteiger partial charge in [0.15, 0.2) is 0 Å². The van der Waals surface area contributed by atoms with Gasteiger partial charge in [-0.2, -0.15) is 0 Å². The van der Waals surface area contributed by atoms with E-state index in [1.165, 1.54) is 11.3 Å². The number of halogens is 1. The van der Waals surface area contributed by atoms with Gasteiger partial charge in [0.05, 0.1) is 13.2 Å². The van der Waals surface area contributed by atoms with E-state index >= 15 is 0 Å². The third-order valence-corrected chi connectivity index (χ3v) is 3.75. The van der Waals surface area contributed by atoms with Gasteiger partial charge in [-0.15, -0.1) is 0 Å². The summed E-state index contributed by atoms with van der Waals surface area (Å²) in [6.07, 6.45) is 1.14. The molecule has 0 radical (unpaired) electrons. The molecule has 1 N–H and O–H groups in total. The summed E-state index contributed by atoms with van der Waals surface area (Å²) in [5.41, 5.74) is 2.54. The third-order valence-electron chi connectivity index (χ3n) is 3.26. The first-order valence-electron chi connectivity index (χ1n) is 7.44. The summed E-state index contributed by atoms with van der Waals surface area (Å²) in [5.74, 6) is 0. The van der Waals surface area contributed by atoms with Crippen molar-refractivity contribution in [3.63, 3.8) is 0 Å². The summed E-state index contributed by atoms with van der Waals surface area (Å²) in [4.78, 5) is 2.32. The van der Waals surface area contributed by atoms with Gasteiger partial charge >= 0.3 is 0 Å². The minimum atomic E-state index is 0.706. The average molecular weight is 359 g/mol. The molecule has 0 fully saturated rings. The third kappa shape index (κ3) is 6.78. The van der Waals surface area contributed by atoms with Crippen molar-refractivity contribution in [1.82, 2.24) is 5.32 Å². The lowest BCUT2D eigenvalue weighted by molar-refractivity contribution is 0.190. The summed E-state index contributed by atoms with van der Waals surface area (Å²) in [5, 5.41) is 3.47. The number of nitrogens with one attached hydrogen (secondary N) is 1. The van der Waals surface area contributed by atoms with Crippen molar-refractivity contribution in [3.05, 3.63) is 28.2 Å². The Kier molecular flexibility index (Phi) is 9.67. The number of hydrogen-bond donors (Lipinski definition) is 1. The van der Waals surface area contributed by atoms with E-state index in [1.807, 2.05) is 0 Å². The van der Waals surface area contributed by atoms with E-state index in [0.717, 1.165) is 37.1 Å². The fraction of sp³-hybridized carbons (Fsp3) is 0.625. The highest BCUT2D eigenvalue weighted by molar-refractivity contribution is 9.10. The maximum atomic E-state index is 5.23. The number of ether oxygens (including phenoxy) is 2. The highest BCUT2D eigenvalue weighted by atomic mass is 79.9. The van der Waals surface area contributed by atoms with Crippen molar-refractivity contribution in [2.45, 2.75) is 19.9 Å². The second kappa shape index (κ2) is 11.0. The quantitative estimate of drug-likeness (QED) is 0.616. The van der Waals surface area contributed by atoms with Crippen LogP contribution in [0, 0.1) is 0 Å². The first-order valence-corrected chi connectivity index (χ1v) is 8.24. The lowest BCUT2D eigenvalue weighted by atomic mass is 10.1. The maximum absolute atomic E-state index is 5.23. The Morgan fingerprint density at radius 1 is 1.14 bits per heavy atom. The normalized spacial score (nSPS) is 10.9. The highest BCUT2D eigenvalue weighted by Gasteiger charge is 2.11. The SMILES string of the molecule is CCCNCc1ccc(Br)cc1N(CCOC)CCOC. The van der Waals surface area contributed by atoms with Crippen LogP contribution in [0.2, 0.25) is 0 Å². The van der Waals surface area contributed by atoms with Gasteiger partial charge in [0.25, 0.3) is 0 Å². The van der Waals surface area contributed by atoms with Gasteiger partial charge < -0.3 is 19.7 Å². The molecule has 0 spiro atoms. The van der Waals surface area contributed by atoms with Gasteiger partial charge in [0.2, 0.25) is 0 Å². The van der Waals surface area contributed by atoms with Gasteiger partial charge in [-0.1, -0.05) is 28.9 Å².